The summed E-state index contributed by atoms with van der Waals surface area (Å²) < 4.78 is 6.08. The highest BCUT2D eigenvalue weighted by Crippen LogP contribution is 2.19. The van der Waals surface area contributed by atoms with Crippen LogP contribution in [0.4, 0.5) is 5.69 Å². The Morgan fingerprint density at radius 2 is 1.86 bits per heavy atom. The van der Waals surface area contributed by atoms with Crippen LogP contribution in [-0.2, 0) is 14.3 Å². The average molecular weight is 479 g/mol. The minimum absolute atomic E-state index is 0.358. The van der Waals surface area contributed by atoms with Crippen LogP contribution in [0.3, 0.4) is 0 Å². The van der Waals surface area contributed by atoms with Gasteiger partial charge in [0.1, 0.15) is 6.04 Å². The molecule has 8 heteroatoms. The quantitative estimate of drug-likeness (QED) is 0.535. The Kier molecular flexibility index (Phi) is 9.21. The van der Waals surface area contributed by atoms with E-state index >= 15 is 0 Å². The van der Waals surface area contributed by atoms with Gasteiger partial charge >= 0.3 is 5.97 Å². The van der Waals surface area contributed by atoms with E-state index in [0.29, 0.717) is 23.4 Å². The molecular formula is C21H23BrN2O4S. The Bertz CT molecular complexity index is 861. The second-order valence-corrected chi connectivity index (χ2v) is 8.13. The van der Waals surface area contributed by atoms with Crippen molar-refractivity contribution in [3.05, 3.63) is 64.1 Å². The maximum absolute atomic E-state index is 12.4. The van der Waals surface area contributed by atoms with Crippen molar-refractivity contribution >= 4 is 51.2 Å². The minimum Gasteiger partial charge on any atom is -0.454 e. The zero-order valence-electron chi connectivity index (χ0n) is 16.2. The summed E-state index contributed by atoms with van der Waals surface area (Å²) in [5.74, 6) is -0.772. The lowest BCUT2D eigenvalue weighted by molar-refractivity contribution is -0.149. The fourth-order valence-corrected chi connectivity index (χ4v) is 3.19. The molecule has 0 aromatic heterocycles. The summed E-state index contributed by atoms with van der Waals surface area (Å²) in [5, 5.41) is 5.38. The summed E-state index contributed by atoms with van der Waals surface area (Å²) in [5.41, 5.74) is 2.04. The molecule has 1 unspecified atom stereocenters. The van der Waals surface area contributed by atoms with E-state index < -0.39 is 24.5 Å². The molecule has 29 heavy (non-hydrogen) atoms. The third kappa shape index (κ3) is 7.55. The van der Waals surface area contributed by atoms with Crippen molar-refractivity contribution in [3.8, 4) is 0 Å². The van der Waals surface area contributed by atoms with Crippen molar-refractivity contribution in [2.45, 2.75) is 19.4 Å². The van der Waals surface area contributed by atoms with Crippen LogP contribution in [0.5, 0.6) is 0 Å². The third-order valence-corrected chi connectivity index (χ3v) is 5.56. The van der Waals surface area contributed by atoms with E-state index in [4.69, 9.17) is 4.74 Å². The number of rotatable bonds is 9. The van der Waals surface area contributed by atoms with Crippen LogP contribution in [0.2, 0.25) is 0 Å². The van der Waals surface area contributed by atoms with Crippen molar-refractivity contribution in [3.63, 3.8) is 0 Å². The molecule has 0 radical (unpaired) electrons. The lowest BCUT2D eigenvalue weighted by atomic mass is 10.1. The second-order valence-electron chi connectivity index (χ2n) is 6.29. The monoisotopic (exact) mass is 478 g/mol. The van der Waals surface area contributed by atoms with Crippen LogP contribution in [0, 0.1) is 6.92 Å². The van der Waals surface area contributed by atoms with Gasteiger partial charge < -0.3 is 15.4 Å². The molecule has 0 fully saturated rings. The lowest BCUT2D eigenvalue weighted by Crippen LogP contribution is -2.43. The molecule has 0 saturated carbocycles. The van der Waals surface area contributed by atoms with Gasteiger partial charge in [-0.05, 0) is 61.2 Å². The molecule has 0 bridgehead atoms. The summed E-state index contributed by atoms with van der Waals surface area (Å²) in [6, 6.07) is 13.2. The topological polar surface area (TPSA) is 84.5 Å². The Morgan fingerprint density at radius 3 is 2.52 bits per heavy atom. The van der Waals surface area contributed by atoms with Gasteiger partial charge in [-0.25, -0.2) is 4.79 Å². The highest BCUT2D eigenvalue weighted by atomic mass is 79.9. The summed E-state index contributed by atoms with van der Waals surface area (Å²) in [6.45, 7) is 1.48. The van der Waals surface area contributed by atoms with E-state index in [1.165, 1.54) is 0 Å². The lowest BCUT2D eigenvalue weighted by Gasteiger charge is -2.17. The molecule has 0 spiro atoms. The highest BCUT2D eigenvalue weighted by molar-refractivity contribution is 9.10. The number of nitrogens with one attached hydrogen (secondary N) is 2. The summed E-state index contributed by atoms with van der Waals surface area (Å²) in [7, 11) is 0. The van der Waals surface area contributed by atoms with Crippen LogP contribution in [0.15, 0.2) is 53.0 Å². The predicted octanol–water partition coefficient (Wildman–Crippen LogP) is 3.79. The molecule has 2 aromatic carbocycles. The number of esters is 1. The first kappa shape index (κ1) is 23.0. The van der Waals surface area contributed by atoms with E-state index in [1.807, 2.05) is 31.4 Å². The molecule has 1 atom stereocenters. The molecule has 0 aliphatic rings. The van der Waals surface area contributed by atoms with Gasteiger partial charge in [0.05, 0.1) is 0 Å². The van der Waals surface area contributed by atoms with Gasteiger partial charge in [-0.1, -0.05) is 34.1 Å². The van der Waals surface area contributed by atoms with Gasteiger partial charge in [-0.2, -0.15) is 11.8 Å². The highest BCUT2D eigenvalue weighted by Gasteiger charge is 2.23. The average Bonchev–Trinajstić information content (AvgIpc) is 2.72. The Morgan fingerprint density at radius 1 is 1.14 bits per heavy atom. The Balaban J connectivity index is 1.91. The molecule has 0 heterocycles. The maximum atomic E-state index is 12.4. The van der Waals surface area contributed by atoms with E-state index in [-0.39, 0.29) is 5.91 Å². The van der Waals surface area contributed by atoms with Gasteiger partial charge in [-0.15, -0.1) is 0 Å². The van der Waals surface area contributed by atoms with Crippen molar-refractivity contribution in [1.82, 2.24) is 5.32 Å². The van der Waals surface area contributed by atoms with Crippen LogP contribution in [0.25, 0.3) is 0 Å². The van der Waals surface area contributed by atoms with Crippen molar-refractivity contribution in [1.29, 1.82) is 0 Å². The number of benzene rings is 2. The first-order valence-electron chi connectivity index (χ1n) is 8.98. The molecule has 2 aromatic rings. The molecule has 2 amide bonds. The minimum atomic E-state index is -0.821. The summed E-state index contributed by atoms with van der Waals surface area (Å²) >= 11 is 4.96. The van der Waals surface area contributed by atoms with Gasteiger partial charge in [0.2, 0.25) is 0 Å². The van der Waals surface area contributed by atoms with Crippen LogP contribution in [0.1, 0.15) is 22.3 Å². The largest absolute Gasteiger partial charge is 0.454 e. The summed E-state index contributed by atoms with van der Waals surface area (Å²) in [4.78, 5) is 36.9. The standard InChI is InChI=1S/C21H23BrN2O4S/c1-14-12-16(8-9-17(14)22)23-19(25)13-28-21(27)18(10-11-29-2)24-20(26)15-6-4-3-5-7-15/h3-9,12,18H,10-11,13H2,1-2H3,(H,23,25)(H,24,26). The smallest absolute Gasteiger partial charge is 0.329 e. The van der Waals surface area contributed by atoms with E-state index in [1.54, 1.807) is 42.1 Å². The van der Waals surface area contributed by atoms with Gasteiger partial charge in [0.25, 0.3) is 11.8 Å². The summed E-state index contributed by atoms with van der Waals surface area (Å²) in [6.07, 6.45) is 2.32. The van der Waals surface area contributed by atoms with Gasteiger partial charge in [0, 0.05) is 15.7 Å². The number of carbonyl (C=O) groups is 3. The molecular weight excluding hydrogens is 456 g/mol. The number of halogens is 1. The number of hydrogen-bond acceptors (Lipinski definition) is 5. The van der Waals surface area contributed by atoms with E-state index in [0.717, 1.165) is 10.0 Å². The second kappa shape index (κ2) is 11.6. The van der Waals surface area contributed by atoms with Crippen LogP contribution >= 0.6 is 27.7 Å². The first-order chi connectivity index (χ1) is 13.9. The molecule has 0 saturated heterocycles. The van der Waals surface area contributed by atoms with E-state index in [2.05, 4.69) is 26.6 Å². The Hall–Kier alpha value is -2.32. The zero-order valence-corrected chi connectivity index (χ0v) is 18.6. The van der Waals surface area contributed by atoms with E-state index in [9.17, 15) is 14.4 Å². The number of aryl methyl sites for hydroxylation is 1. The number of amides is 2. The van der Waals surface area contributed by atoms with Gasteiger partial charge in [0.15, 0.2) is 6.61 Å². The fraction of sp³-hybridized carbons (Fsp3) is 0.286. The predicted molar refractivity (Wildman–Crippen MR) is 119 cm³/mol. The zero-order chi connectivity index (χ0) is 21.2. The Labute approximate surface area is 182 Å². The first-order valence-corrected chi connectivity index (χ1v) is 11.2. The van der Waals surface area contributed by atoms with Crippen LogP contribution in [-0.4, -0.2) is 42.4 Å². The van der Waals surface area contributed by atoms with Crippen LogP contribution < -0.4 is 10.6 Å². The van der Waals surface area contributed by atoms with Crippen molar-refractivity contribution < 1.29 is 19.1 Å². The molecule has 2 N–H and O–H groups in total. The van der Waals surface area contributed by atoms with Crippen molar-refractivity contribution in [2.24, 2.45) is 0 Å². The SMILES string of the molecule is CSCCC(NC(=O)c1ccccc1)C(=O)OCC(=O)Nc1ccc(Br)c(C)c1. The number of hydrogen-bond donors (Lipinski definition) is 2. The number of carbonyl (C=O) groups excluding carboxylic acids is 3. The van der Waals surface area contributed by atoms with Gasteiger partial charge in [-0.3, -0.25) is 9.59 Å². The molecule has 6 nitrogen and oxygen atoms in total. The molecule has 154 valence electrons. The number of anilines is 1. The molecule has 2 rings (SSSR count). The fourth-order valence-electron chi connectivity index (χ4n) is 2.47. The molecule has 0 aliphatic carbocycles. The normalized spacial score (nSPS) is 11.4. The third-order valence-electron chi connectivity index (χ3n) is 4.02. The van der Waals surface area contributed by atoms with Crippen molar-refractivity contribution in [2.75, 3.05) is 23.9 Å². The number of ether oxygens (including phenoxy) is 1. The maximum Gasteiger partial charge on any atom is 0.329 e. The molecule has 0 aliphatic heterocycles. The number of thioether (sulfide) groups is 1.